The quantitative estimate of drug-likeness (QED) is 0.764. The van der Waals surface area contributed by atoms with Crippen LogP contribution in [0.25, 0.3) is 0 Å². The van der Waals surface area contributed by atoms with Gasteiger partial charge in [-0.25, -0.2) is 4.98 Å². The van der Waals surface area contributed by atoms with Crippen molar-refractivity contribution in [1.29, 1.82) is 0 Å². The van der Waals surface area contributed by atoms with Crippen LogP contribution in [0.1, 0.15) is 44.6 Å². The van der Waals surface area contributed by atoms with Gasteiger partial charge < -0.3 is 4.57 Å². The molecule has 19 heavy (non-hydrogen) atoms. The van der Waals surface area contributed by atoms with E-state index in [1.54, 1.807) is 12.5 Å². The number of carbonyl (C=O) groups excluding carboxylic acids is 1. The molecule has 0 spiro atoms. The maximum atomic E-state index is 10.7. The van der Waals surface area contributed by atoms with Crippen molar-refractivity contribution in [3.63, 3.8) is 0 Å². The third-order valence-electron chi connectivity index (χ3n) is 2.27. The summed E-state index contributed by atoms with van der Waals surface area (Å²) >= 11 is 0. The molecule has 0 unspecified atom stereocenters. The highest BCUT2D eigenvalue weighted by molar-refractivity contribution is 5.71. The second-order valence-electron chi connectivity index (χ2n) is 3.37. The van der Waals surface area contributed by atoms with Crippen LogP contribution >= 0.6 is 0 Å². The van der Waals surface area contributed by atoms with Crippen LogP contribution in [0, 0.1) is 0 Å². The number of aromatic nitrogens is 2. The van der Waals surface area contributed by atoms with Crippen LogP contribution in [0.15, 0.2) is 48.5 Å². The Hall–Kier alpha value is -1.90. The summed E-state index contributed by atoms with van der Waals surface area (Å²) in [6.45, 7) is 8.69. The highest BCUT2D eigenvalue weighted by Gasteiger charge is 2.01. The van der Waals surface area contributed by atoms with E-state index < -0.39 is 0 Å². The normalized spacial score (nSPS) is 12.3. The van der Waals surface area contributed by atoms with Crippen molar-refractivity contribution in [2.45, 2.75) is 40.7 Å². The predicted octanol–water partition coefficient (Wildman–Crippen LogP) is 4.19. The van der Waals surface area contributed by atoms with Gasteiger partial charge in [0.2, 0.25) is 0 Å². The van der Waals surface area contributed by atoms with E-state index in [2.05, 4.69) is 29.3 Å². The zero-order chi connectivity index (χ0) is 14.5. The molecule has 2 rings (SSSR count). The van der Waals surface area contributed by atoms with Crippen molar-refractivity contribution >= 4 is 6.29 Å². The van der Waals surface area contributed by atoms with Gasteiger partial charge in [0.1, 0.15) is 5.69 Å². The van der Waals surface area contributed by atoms with E-state index in [0.29, 0.717) is 12.2 Å². The molecular weight excluding hydrogens is 236 g/mol. The van der Waals surface area contributed by atoms with Gasteiger partial charge in [0, 0.05) is 6.54 Å². The first-order valence-corrected chi connectivity index (χ1v) is 6.87. The van der Waals surface area contributed by atoms with Crippen LogP contribution in [0.5, 0.6) is 0 Å². The largest absolute Gasteiger partial charge is 0.324 e. The van der Waals surface area contributed by atoms with Gasteiger partial charge in [0.15, 0.2) is 6.29 Å². The second-order valence-corrected chi connectivity index (χ2v) is 3.37. The summed E-state index contributed by atoms with van der Waals surface area (Å²) in [5.41, 5.74) is 1.78. The van der Waals surface area contributed by atoms with Crippen molar-refractivity contribution < 1.29 is 4.79 Å². The summed E-state index contributed by atoms with van der Waals surface area (Å²) in [4.78, 5) is 14.6. The molecule has 1 heterocycles. The minimum atomic E-state index is 0.609. The molecule has 1 aliphatic rings. The minimum absolute atomic E-state index is 0.609. The zero-order valence-electron chi connectivity index (χ0n) is 12.3. The van der Waals surface area contributed by atoms with E-state index in [9.17, 15) is 4.79 Å². The summed E-state index contributed by atoms with van der Waals surface area (Å²) in [7, 11) is 0. The molecule has 0 N–H and O–H groups in total. The Bertz CT molecular complexity index is 439. The lowest BCUT2D eigenvalue weighted by atomic mass is 10.2. The Balaban J connectivity index is 0.000000741. The van der Waals surface area contributed by atoms with E-state index in [1.807, 2.05) is 38.3 Å². The highest BCUT2D eigenvalue weighted by Crippen LogP contribution is 2.08. The van der Waals surface area contributed by atoms with Gasteiger partial charge in [-0.05, 0) is 12.0 Å². The average molecular weight is 260 g/mol. The number of hydrogen-bond donors (Lipinski definition) is 0. The first-order chi connectivity index (χ1) is 9.40. The molecule has 0 amide bonds. The Kier molecular flexibility index (Phi) is 10.1. The molecule has 0 radical (unpaired) electrons. The van der Waals surface area contributed by atoms with Gasteiger partial charge in [-0.3, -0.25) is 4.79 Å². The van der Waals surface area contributed by atoms with Crippen LogP contribution in [0.4, 0.5) is 0 Å². The fraction of sp³-hybridized carbons (Fsp3) is 0.375. The fourth-order valence-electron chi connectivity index (χ4n) is 1.49. The van der Waals surface area contributed by atoms with Crippen LogP contribution in [-0.2, 0) is 6.54 Å². The van der Waals surface area contributed by atoms with Crippen molar-refractivity contribution in [3.8, 4) is 0 Å². The smallest absolute Gasteiger partial charge is 0.168 e. The van der Waals surface area contributed by atoms with E-state index >= 15 is 0 Å². The molecule has 104 valence electrons. The number of hydrogen-bond acceptors (Lipinski definition) is 2. The maximum absolute atomic E-state index is 10.7. The predicted molar refractivity (Wildman–Crippen MR) is 81.3 cm³/mol. The van der Waals surface area contributed by atoms with E-state index in [0.717, 1.165) is 12.7 Å². The molecule has 3 heteroatoms. The van der Waals surface area contributed by atoms with Crippen LogP contribution in [0.3, 0.4) is 0 Å². The second kappa shape index (κ2) is 11.2. The van der Waals surface area contributed by atoms with Crippen LogP contribution < -0.4 is 0 Å². The number of carbonyl (C=O) groups is 1. The highest BCUT2D eigenvalue weighted by atomic mass is 16.1. The summed E-state index contributed by atoms with van der Waals surface area (Å²) in [6, 6.07) is 0. The maximum Gasteiger partial charge on any atom is 0.168 e. The number of allylic oxidation sites excluding steroid dienone is 6. The Morgan fingerprint density at radius 2 is 2.00 bits per heavy atom. The van der Waals surface area contributed by atoms with E-state index in [4.69, 9.17) is 0 Å². The van der Waals surface area contributed by atoms with Gasteiger partial charge in [-0.2, -0.15) is 0 Å². The lowest BCUT2D eigenvalue weighted by Gasteiger charge is -2.04. The number of imidazole rings is 1. The molecule has 3 nitrogen and oxygen atoms in total. The molecule has 0 aromatic carbocycles. The lowest BCUT2D eigenvalue weighted by Crippen LogP contribution is -2.02. The SMILES string of the molecule is CC.CC.O=Cc1cncn1CC1=CC=CCC=C1. The molecule has 0 bridgehead atoms. The molecular formula is C16H24N2O. The van der Waals surface area contributed by atoms with Gasteiger partial charge in [0.25, 0.3) is 0 Å². The Morgan fingerprint density at radius 3 is 2.68 bits per heavy atom. The monoisotopic (exact) mass is 260 g/mol. The number of nitrogens with zero attached hydrogens (tertiary/aromatic N) is 2. The Labute approximate surface area is 116 Å². The summed E-state index contributed by atoms with van der Waals surface area (Å²) < 4.78 is 1.84. The molecule has 0 atom stereocenters. The third kappa shape index (κ3) is 6.00. The zero-order valence-corrected chi connectivity index (χ0v) is 12.3. The van der Waals surface area contributed by atoms with E-state index in [1.165, 1.54) is 5.57 Å². The number of aldehydes is 1. The minimum Gasteiger partial charge on any atom is -0.324 e. The lowest BCUT2D eigenvalue weighted by molar-refractivity contribution is 0.111. The molecule has 1 aromatic heterocycles. The first-order valence-electron chi connectivity index (χ1n) is 6.87. The van der Waals surface area contributed by atoms with E-state index in [-0.39, 0.29) is 0 Å². The van der Waals surface area contributed by atoms with Gasteiger partial charge in [0.05, 0.1) is 12.5 Å². The first kappa shape index (κ1) is 17.1. The molecule has 0 fully saturated rings. The van der Waals surface area contributed by atoms with Crippen molar-refractivity contribution in [2.75, 3.05) is 0 Å². The van der Waals surface area contributed by atoms with Gasteiger partial charge in [-0.1, -0.05) is 58.1 Å². The topological polar surface area (TPSA) is 34.9 Å². The number of rotatable bonds is 3. The van der Waals surface area contributed by atoms with Gasteiger partial charge >= 0.3 is 0 Å². The van der Waals surface area contributed by atoms with Crippen molar-refractivity contribution in [2.24, 2.45) is 0 Å². The fourth-order valence-corrected chi connectivity index (χ4v) is 1.49. The molecule has 1 aliphatic carbocycles. The Morgan fingerprint density at radius 1 is 1.26 bits per heavy atom. The summed E-state index contributed by atoms with van der Waals surface area (Å²) in [5, 5.41) is 0. The summed E-state index contributed by atoms with van der Waals surface area (Å²) in [5.74, 6) is 0. The van der Waals surface area contributed by atoms with Crippen LogP contribution in [0.2, 0.25) is 0 Å². The summed E-state index contributed by atoms with van der Waals surface area (Å²) in [6.07, 6.45) is 15.4. The molecule has 0 saturated carbocycles. The van der Waals surface area contributed by atoms with Crippen LogP contribution in [-0.4, -0.2) is 15.8 Å². The van der Waals surface area contributed by atoms with Crippen molar-refractivity contribution in [1.82, 2.24) is 9.55 Å². The van der Waals surface area contributed by atoms with Gasteiger partial charge in [-0.15, -0.1) is 0 Å². The standard InChI is InChI=1S/C12H12N2O.2C2H6/c15-9-12-7-13-10-14(12)8-11-5-3-1-2-4-6-11;2*1-2/h1,3-7,9-10H,2,8H2;2*1-2H3. The van der Waals surface area contributed by atoms with Crippen molar-refractivity contribution in [3.05, 3.63) is 54.2 Å². The average Bonchev–Trinajstić information content (AvgIpc) is 2.77. The molecule has 0 aliphatic heterocycles. The molecule has 0 saturated heterocycles. The molecule has 1 aromatic rings. The third-order valence-corrected chi connectivity index (χ3v) is 2.27.